The van der Waals surface area contributed by atoms with E-state index in [2.05, 4.69) is 12.6 Å². The van der Waals surface area contributed by atoms with E-state index in [4.69, 9.17) is 0 Å². The maximum absolute atomic E-state index is 11.7. The van der Waals surface area contributed by atoms with E-state index < -0.39 is 0 Å². The fourth-order valence-corrected chi connectivity index (χ4v) is 3.75. The molecule has 0 bridgehead atoms. The minimum absolute atomic E-state index is 0.184. The van der Waals surface area contributed by atoms with Crippen molar-refractivity contribution in [3.63, 3.8) is 0 Å². The zero-order valence-electron chi connectivity index (χ0n) is 9.74. The molecule has 0 aromatic carbocycles. The van der Waals surface area contributed by atoms with Crippen LogP contribution in [0.5, 0.6) is 0 Å². The predicted octanol–water partition coefficient (Wildman–Crippen LogP) is 3.10. The van der Waals surface area contributed by atoms with Crippen LogP contribution in [0.15, 0.2) is 10.2 Å². The Morgan fingerprint density at radius 3 is 2.62 bits per heavy atom. The van der Waals surface area contributed by atoms with E-state index in [0.29, 0.717) is 0 Å². The van der Waals surface area contributed by atoms with E-state index in [0.717, 1.165) is 18.0 Å². The van der Waals surface area contributed by atoms with Gasteiger partial charge in [0.25, 0.3) is 0 Å². The SMILES string of the molecule is Cc1csc(=O)n1CC1(CS)CCCCC1. The minimum atomic E-state index is 0.184. The number of nitrogens with zero attached hydrogens (tertiary/aromatic N) is 1. The summed E-state index contributed by atoms with van der Waals surface area (Å²) in [6.07, 6.45) is 6.36. The minimum Gasteiger partial charge on any atom is -0.303 e. The van der Waals surface area contributed by atoms with Crippen molar-refractivity contribution in [2.24, 2.45) is 5.41 Å². The standard InChI is InChI=1S/C12H19NOS2/c1-10-7-16-11(14)13(10)8-12(9-15)5-3-2-4-6-12/h7,15H,2-6,8-9H2,1H3. The van der Waals surface area contributed by atoms with Gasteiger partial charge in [0.15, 0.2) is 0 Å². The summed E-state index contributed by atoms with van der Waals surface area (Å²) in [4.78, 5) is 11.9. The summed E-state index contributed by atoms with van der Waals surface area (Å²) in [5, 5.41) is 1.96. The highest BCUT2D eigenvalue weighted by Gasteiger charge is 2.31. The summed E-state index contributed by atoms with van der Waals surface area (Å²) in [7, 11) is 0. The zero-order valence-corrected chi connectivity index (χ0v) is 11.4. The first kappa shape index (κ1) is 12.2. The van der Waals surface area contributed by atoms with Crippen molar-refractivity contribution < 1.29 is 0 Å². The van der Waals surface area contributed by atoms with Crippen LogP contribution >= 0.6 is 24.0 Å². The molecule has 0 radical (unpaired) electrons. The van der Waals surface area contributed by atoms with Crippen molar-refractivity contribution >= 4 is 24.0 Å². The molecule has 2 nitrogen and oxygen atoms in total. The Labute approximate surface area is 106 Å². The molecule has 1 aliphatic carbocycles. The summed E-state index contributed by atoms with van der Waals surface area (Å²) in [5.74, 6) is 0.898. The lowest BCUT2D eigenvalue weighted by molar-refractivity contribution is 0.187. The van der Waals surface area contributed by atoms with Crippen LogP contribution in [0.25, 0.3) is 0 Å². The fraction of sp³-hybridized carbons (Fsp3) is 0.750. The molecule has 16 heavy (non-hydrogen) atoms. The highest BCUT2D eigenvalue weighted by atomic mass is 32.1. The molecule has 1 saturated carbocycles. The van der Waals surface area contributed by atoms with E-state index >= 15 is 0 Å². The van der Waals surface area contributed by atoms with Crippen LogP contribution in [0.4, 0.5) is 0 Å². The van der Waals surface area contributed by atoms with Gasteiger partial charge in [0.05, 0.1) is 0 Å². The first-order valence-electron chi connectivity index (χ1n) is 5.93. The molecule has 90 valence electrons. The van der Waals surface area contributed by atoms with Gasteiger partial charge in [-0.2, -0.15) is 12.6 Å². The average molecular weight is 257 g/mol. The second-order valence-electron chi connectivity index (χ2n) is 4.95. The molecule has 1 aromatic rings. The molecule has 2 rings (SSSR count). The topological polar surface area (TPSA) is 22.0 Å². The number of rotatable bonds is 3. The maximum Gasteiger partial charge on any atom is 0.307 e. The smallest absolute Gasteiger partial charge is 0.303 e. The lowest BCUT2D eigenvalue weighted by Gasteiger charge is -2.36. The second kappa shape index (κ2) is 4.96. The van der Waals surface area contributed by atoms with Crippen molar-refractivity contribution in [2.45, 2.75) is 45.6 Å². The van der Waals surface area contributed by atoms with Gasteiger partial charge >= 0.3 is 4.87 Å². The van der Waals surface area contributed by atoms with Crippen molar-refractivity contribution in [3.8, 4) is 0 Å². The van der Waals surface area contributed by atoms with Gasteiger partial charge < -0.3 is 4.57 Å². The number of hydrogen-bond donors (Lipinski definition) is 1. The van der Waals surface area contributed by atoms with Crippen LogP contribution in [0, 0.1) is 12.3 Å². The van der Waals surface area contributed by atoms with Crippen molar-refractivity contribution in [2.75, 3.05) is 5.75 Å². The highest BCUT2D eigenvalue weighted by Crippen LogP contribution is 2.38. The van der Waals surface area contributed by atoms with Gasteiger partial charge in [-0.1, -0.05) is 30.6 Å². The monoisotopic (exact) mass is 257 g/mol. The molecule has 0 saturated heterocycles. The van der Waals surface area contributed by atoms with Gasteiger partial charge in [0.2, 0.25) is 0 Å². The van der Waals surface area contributed by atoms with Gasteiger partial charge in [0.1, 0.15) is 0 Å². The van der Waals surface area contributed by atoms with Crippen molar-refractivity contribution in [1.29, 1.82) is 0 Å². The van der Waals surface area contributed by atoms with E-state index in [1.54, 1.807) is 0 Å². The molecule has 0 spiro atoms. The lowest BCUT2D eigenvalue weighted by Crippen LogP contribution is -2.34. The highest BCUT2D eigenvalue weighted by molar-refractivity contribution is 7.80. The van der Waals surface area contributed by atoms with E-state index in [-0.39, 0.29) is 10.3 Å². The predicted molar refractivity (Wildman–Crippen MR) is 72.7 cm³/mol. The van der Waals surface area contributed by atoms with Gasteiger partial charge in [-0.3, -0.25) is 4.79 Å². The van der Waals surface area contributed by atoms with E-state index in [1.165, 1.54) is 43.4 Å². The maximum atomic E-state index is 11.7. The molecule has 1 heterocycles. The summed E-state index contributed by atoms with van der Waals surface area (Å²) < 4.78 is 1.94. The molecule has 4 heteroatoms. The first-order valence-corrected chi connectivity index (χ1v) is 7.44. The molecule has 0 N–H and O–H groups in total. The Balaban J connectivity index is 2.21. The van der Waals surface area contributed by atoms with Crippen LogP contribution in [0.3, 0.4) is 0 Å². The van der Waals surface area contributed by atoms with Crippen LogP contribution in [0.1, 0.15) is 37.8 Å². The Morgan fingerprint density at radius 1 is 1.44 bits per heavy atom. The molecule has 1 aromatic heterocycles. The summed E-state index contributed by atoms with van der Waals surface area (Å²) in [6, 6.07) is 0. The van der Waals surface area contributed by atoms with Gasteiger partial charge in [-0.25, -0.2) is 0 Å². The Bertz CT molecular complexity index is 401. The molecule has 0 atom stereocenters. The molecule has 0 unspecified atom stereocenters. The third-order valence-electron chi connectivity index (χ3n) is 3.72. The quantitative estimate of drug-likeness (QED) is 0.826. The van der Waals surface area contributed by atoms with E-state index in [9.17, 15) is 4.79 Å². The number of thiazole rings is 1. The number of aromatic nitrogens is 1. The average Bonchev–Trinajstić information content (AvgIpc) is 2.62. The first-order chi connectivity index (χ1) is 7.67. The zero-order chi connectivity index (χ0) is 11.6. The Morgan fingerprint density at radius 2 is 2.12 bits per heavy atom. The van der Waals surface area contributed by atoms with Gasteiger partial charge in [-0.05, 0) is 30.9 Å². The van der Waals surface area contributed by atoms with Crippen molar-refractivity contribution in [1.82, 2.24) is 4.57 Å². The van der Waals surface area contributed by atoms with Crippen LogP contribution in [-0.2, 0) is 6.54 Å². The molecular formula is C12H19NOS2. The fourth-order valence-electron chi connectivity index (χ4n) is 2.60. The van der Waals surface area contributed by atoms with Crippen molar-refractivity contribution in [3.05, 3.63) is 20.7 Å². The molecule has 1 fully saturated rings. The van der Waals surface area contributed by atoms with Crippen LogP contribution in [-0.4, -0.2) is 10.3 Å². The number of aryl methyl sites for hydroxylation is 1. The molecule has 0 aliphatic heterocycles. The summed E-state index contributed by atoms with van der Waals surface area (Å²) >= 11 is 5.83. The molecule has 1 aliphatic rings. The number of hydrogen-bond acceptors (Lipinski definition) is 3. The summed E-state index contributed by atoms with van der Waals surface area (Å²) in [6.45, 7) is 2.89. The summed E-state index contributed by atoms with van der Waals surface area (Å²) in [5.41, 5.74) is 1.36. The van der Waals surface area contributed by atoms with Gasteiger partial charge in [-0.15, -0.1) is 0 Å². The molecular weight excluding hydrogens is 238 g/mol. The lowest BCUT2D eigenvalue weighted by atomic mass is 9.75. The largest absolute Gasteiger partial charge is 0.307 e. The second-order valence-corrected chi connectivity index (χ2v) is 6.08. The van der Waals surface area contributed by atoms with Crippen LogP contribution < -0.4 is 4.87 Å². The normalized spacial score (nSPS) is 19.9. The Kier molecular flexibility index (Phi) is 3.80. The third kappa shape index (κ3) is 2.38. The third-order valence-corrected chi connectivity index (χ3v) is 5.27. The van der Waals surface area contributed by atoms with E-state index in [1.807, 2.05) is 16.9 Å². The number of thiol groups is 1. The molecule has 0 amide bonds. The van der Waals surface area contributed by atoms with Gasteiger partial charge in [0, 0.05) is 17.6 Å². The van der Waals surface area contributed by atoms with Crippen LogP contribution in [0.2, 0.25) is 0 Å². The Hall–Kier alpha value is -0.220.